The molecule has 5 nitrogen and oxygen atoms in total. The molecule has 0 bridgehead atoms. The van der Waals surface area contributed by atoms with Crippen LogP contribution in [0.15, 0.2) is 77.7 Å². The minimum absolute atomic E-state index is 0.102. The Morgan fingerprint density at radius 3 is 1.79 bits per heavy atom. The number of benzene rings is 3. The molecule has 0 unspecified atom stereocenters. The summed E-state index contributed by atoms with van der Waals surface area (Å²) in [4.78, 5) is 0.102. The first-order valence-corrected chi connectivity index (χ1v) is 10.3. The molecule has 0 aliphatic carbocycles. The van der Waals surface area contributed by atoms with Crippen LogP contribution in [0.3, 0.4) is 0 Å². The van der Waals surface area contributed by atoms with Gasteiger partial charge in [-0.3, -0.25) is 4.72 Å². The minimum Gasteiger partial charge on any atom is -0.332 e. The summed E-state index contributed by atoms with van der Waals surface area (Å²) in [5.74, 6) is -0.339. The van der Waals surface area contributed by atoms with Crippen LogP contribution >= 0.6 is 23.8 Å². The fraction of sp³-hybridized carbons (Fsp3) is 0. The quantitative estimate of drug-likeness (QED) is 0.487. The van der Waals surface area contributed by atoms with E-state index >= 15 is 0 Å². The monoisotopic (exact) mass is 435 g/mol. The lowest BCUT2D eigenvalue weighted by Gasteiger charge is -2.12. The Kier molecular flexibility index (Phi) is 6.13. The number of hydrogen-bond donors (Lipinski definition) is 3. The van der Waals surface area contributed by atoms with Gasteiger partial charge in [0.25, 0.3) is 10.0 Å². The Balaban J connectivity index is 1.64. The molecular formula is C19H15ClFN3O2S2. The molecule has 3 rings (SSSR count). The number of sulfonamides is 1. The fourth-order valence-corrected chi connectivity index (χ4v) is 3.70. The summed E-state index contributed by atoms with van der Waals surface area (Å²) in [6, 6.07) is 18.2. The van der Waals surface area contributed by atoms with Gasteiger partial charge in [0.2, 0.25) is 0 Å². The third-order valence-electron chi connectivity index (χ3n) is 3.62. The van der Waals surface area contributed by atoms with E-state index in [-0.39, 0.29) is 10.7 Å². The van der Waals surface area contributed by atoms with Crippen LogP contribution in [-0.2, 0) is 10.0 Å². The predicted molar refractivity (Wildman–Crippen MR) is 115 cm³/mol. The topological polar surface area (TPSA) is 70.2 Å². The summed E-state index contributed by atoms with van der Waals surface area (Å²) >= 11 is 11.0. The van der Waals surface area contributed by atoms with E-state index in [2.05, 4.69) is 15.4 Å². The van der Waals surface area contributed by atoms with Crippen LogP contribution in [0.4, 0.5) is 21.5 Å². The average molecular weight is 436 g/mol. The third-order valence-corrected chi connectivity index (χ3v) is 5.47. The third kappa shape index (κ3) is 5.41. The lowest BCUT2D eigenvalue weighted by Crippen LogP contribution is -2.19. The first-order chi connectivity index (χ1) is 13.3. The molecule has 0 saturated heterocycles. The maximum absolute atomic E-state index is 12.9. The zero-order valence-corrected chi connectivity index (χ0v) is 16.7. The molecular weight excluding hydrogens is 421 g/mol. The average Bonchev–Trinajstić information content (AvgIpc) is 2.66. The molecule has 0 heterocycles. The number of rotatable bonds is 5. The smallest absolute Gasteiger partial charge is 0.261 e. The van der Waals surface area contributed by atoms with Crippen molar-refractivity contribution in [2.24, 2.45) is 0 Å². The van der Waals surface area contributed by atoms with Crippen molar-refractivity contribution in [1.29, 1.82) is 0 Å². The summed E-state index contributed by atoms with van der Waals surface area (Å²) < 4.78 is 40.3. The molecule has 0 aliphatic heterocycles. The first kappa shape index (κ1) is 20.1. The summed E-state index contributed by atoms with van der Waals surface area (Å²) in [5, 5.41) is 6.66. The van der Waals surface area contributed by atoms with Gasteiger partial charge < -0.3 is 10.6 Å². The Labute approximate surface area is 172 Å². The molecule has 9 heteroatoms. The van der Waals surface area contributed by atoms with Crippen LogP contribution in [0.1, 0.15) is 0 Å². The second kappa shape index (κ2) is 8.55. The molecule has 0 amide bonds. The van der Waals surface area contributed by atoms with E-state index in [1.54, 1.807) is 48.5 Å². The molecule has 144 valence electrons. The SMILES string of the molecule is O=S(=O)(Nc1ccc(Cl)cc1)c1ccc(NC(=S)Nc2ccc(F)cc2)cc1. The number of halogens is 2. The molecule has 3 N–H and O–H groups in total. The summed E-state index contributed by atoms with van der Waals surface area (Å²) in [5.41, 5.74) is 1.64. The Morgan fingerprint density at radius 2 is 1.25 bits per heavy atom. The van der Waals surface area contributed by atoms with E-state index in [9.17, 15) is 12.8 Å². The van der Waals surface area contributed by atoms with Crippen molar-refractivity contribution in [1.82, 2.24) is 0 Å². The number of thiocarbonyl (C=S) groups is 1. The highest BCUT2D eigenvalue weighted by molar-refractivity contribution is 7.92. The molecule has 0 atom stereocenters. The van der Waals surface area contributed by atoms with E-state index in [4.69, 9.17) is 23.8 Å². The largest absolute Gasteiger partial charge is 0.332 e. The van der Waals surface area contributed by atoms with Crippen LogP contribution in [0.25, 0.3) is 0 Å². The van der Waals surface area contributed by atoms with Gasteiger partial charge in [0.1, 0.15) is 5.82 Å². The highest BCUT2D eigenvalue weighted by atomic mass is 35.5. The molecule has 0 saturated carbocycles. The lowest BCUT2D eigenvalue weighted by molar-refractivity contribution is 0.601. The van der Waals surface area contributed by atoms with Crippen molar-refractivity contribution in [2.75, 3.05) is 15.4 Å². The minimum atomic E-state index is -3.73. The van der Waals surface area contributed by atoms with E-state index in [1.165, 1.54) is 24.3 Å². The van der Waals surface area contributed by atoms with Crippen LogP contribution < -0.4 is 15.4 Å². The lowest BCUT2D eigenvalue weighted by atomic mass is 10.3. The van der Waals surface area contributed by atoms with Crippen LogP contribution in [0.5, 0.6) is 0 Å². The zero-order valence-electron chi connectivity index (χ0n) is 14.3. The van der Waals surface area contributed by atoms with Gasteiger partial charge in [-0.25, -0.2) is 12.8 Å². The summed E-state index contributed by atoms with van der Waals surface area (Å²) in [6.45, 7) is 0. The molecule has 0 radical (unpaired) electrons. The van der Waals surface area contributed by atoms with Crippen LogP contribution in [0, 0.1) is 5.82 Å². The van der Waals surface area contributed by atoms with Crippen molar-refractivity contribution in [2.45, 2.75) is 4.90 Å². The van der Waals surface area contributed by atoms with Crippen molar-refractivity contribution in [3.8, 4) is 0 Å². The zero-order chi connectivity index (χ0) is 20.1. The maximum atomic E-state index is 12.9. The summed E-state index contributed by atoms with van der Waals surface area (Å²) in [6.07, 6.45) is 0. The van der Waals surface area contributed by atoms with Crippen LogP contribution in [0.2, 0.25) is 5.02 Å². The molecule has 0 fully saturated rings. The standard InChI is InChI=1S/C19H15ClFN3O2S2/c20-13-1-5-17(6-2-13)24-28(25,26)18-11-9-16(10-12-18)23-19(27)22-15-7-3-14(21)4-8-15/h1-12,24H,(H2,22,23,27). The second-order valence-corrected chi connectivity index (χ2v) is 8.25. The van der Waals surface area contributed by atoms with Gasteiger partial charge in [-0.05, 0) is 85.0 Å². The molecule has 3 aromatic rings. The van der Waals surface area contributed by atoms with Crippen molar-refractivity contribution < 1.29 is 12.8 Å². The molecule has 28 heavy (non-hydrogen) atoms. The summed E-state index contributed by atoms with van der Waals surface area (Å²) in [7, 11) is -3.73. The van der Waals surface area contributed by atoms with Gasteiger partial charge >= 0.3 is 0 Å². The highest BCUT2D eigenvalue weighted by Gasteiger charge is 2.14. The fourth-order valence-electron chi connectivity index (χ4n) is 2.28. The van der Waals surface area contributed by atoms with Gasteiger partial charge in [0.05, 0.1) is 4.90 Å². The highest BCUT2D eigenvalue weighted by Crippen LogP contribution is 2.20. The number of hydrogen-bond acceptors (Lipinski definition) is 3. The molecule has 0 spiro atoms. The Morgan fingerprint density at radius 1 is 0.786 bits per heavy atom. The number of anilines is 3. The molecule has 3 aromatic carbocycles. The van der Waals surface area contributed by atoms with Gasteiger partial charge in [-0.1, -0.05) is 11.6 Å². The van der Waals surface area contributed by atoms with Gasteiger partial charge in [-0.2, -0.15) is 0 Å². The van der Waals surface area contributed by atoms with E-state index in [1.807, 2.05) is 0 Å². The Hall–Kier alpha value is -2.68. The predicted octanol–water partition coefficient (Wildman–Crippen LogP) is 5.09. The molecule has 0 aliphatic rings. The van der Waals surface area contributed by atoms with E-state index in [0.29, 0.717) is 27.2 Å². The van der Waals surface area contributed by atoms with E-state index < -0.39 is 10.0 Å². The first-order valence-electron chi connectivity index (χ1n) is 8.04. The molecule has 0 aromatic heterocycles. The normalized spacial score (nSPS) is 10.9. The second-order valence-electron chi connectivity index (χ2n) is 5.72. The van der Waals surface area contributed by atoms with Crippen molar-refractivity contribution >= 4 is 56.0 Å². The van der Waals surface area contributed by atoms with Gasteiger partial charge in [0, 0.05) is 22.1 Å². The van der Waals surface area contributed by atoms with Gasteiger partial charge in [-0.15, -0.1) is 0 Å². The van der Waals surface area contributed by atoms with Gasteiger partial charge in [0.15, 0.2) is 5.11 Å². The maximum Gasteiger partial charge on any atom is 0.261 e. The Bertz CT molecular complexity index is 1070. The van der Waals surface area contributed by atoms with E-state index in [0.717, 1.165) is 0 Å². The number of nitrogens with one attached hydrogen (secondary N) is 3. The van der Waals surface area contributed by atoms with Crippen LogP contribution in [-0.4, -0.2) is 13.5 Å². The van der Waals surface area contributed by atoms with Crippen molar-refractivity contribution in [3.63, 3.8) is 0 Å². The van der Waals surface area contributed by atoms with Crippen molar-refractivity contribution in [3.05, 3.63) is 83.6 Å².